The first kappa shape index (κ1) is 16.4. The van der Waals surface area contributed by atoms with Crippen molar-refractivity contribution in [2.24, 2.45) is 5.10 Å². The zero-order valence-electron chi connectivity index (χ0n) is 15.0. The summed E-state index contributed by atoms with van der Waals surface area (Å²) in [6.07, 6.45) is 0.394. The van der Waals surface area contributed by atoms with Crippen molar-refractivity contribution in [2.75, 3.05) is 15.6 Å². The molecule has 1 unspecified atom stereocenters. The number of anilines is 3. The summed E-state index contributed by atoms with van der Waals surface area (Å²) in [6, 6.07) is 24.5. The van der Waals surface area contributed by atoms with Gasteiger partial charge in [0, 0.05) is 6.42 Å². The highest BCUT2D eigenvalue weighted by molar-refractivity contribution is 6.48. The highest BCUT2D eigenvalue weighted by Crippen LogP contribution is 2.50. The molecular formula is C22H18N4O2. The zero-order valence-corrected chi connectivity index (χ0v) is 15.0. The van der Waals surface area contributed by atoms with E-state index in [1.54, 1.807) is 29.2 Å². The lowest BCUT2D eigenvalue weighted by Crippen LogP contribution is -2.44. The minimum absolute atomic E-state index is 0.0824. The number of phenolic OH excluding ortho intramolecular Hbond substituents is 1. The van der Waals surface area contributed by atoms with Gasteiger partial charge in [0.15, 0.2) is 0 Å². The van der Waals surface area contributed by atoms with Crippen LogP contribution in [0.3, 0.4) is 0 Å². The van der Waals surface area contributed by atoms with Gasteiger partial charge in [-0.3, -0.25) is 15.1 Å². The second-order valence-electron chi connectivity index (χ2n) is 6.87. The summed E-state index contributed by atoms with van der Waals surface area (Å²) in [5.41, 5.74) is 5.73. The van der Waals surface area contributed by atoms with E-state index in [1.165, 1.54) is 0 Å². The van der Waals surface area contributed by atoms with E-state index >= 15 is 0 Å². The summed E-state index contributed by atoms with van der Waals surface area (Å²) < 4.78 is 0. The van der Waals surface area contributed by atoms with Gasteiger partial charge in [0.25, 0.3) is 5.91 Å². The van der Waals surface area contributed by atoms with Crippen LogP contribution in [-0.2, 0) is 10.5 Å². The maximum atomic E-state index is 13.3. The van der Waals surface area contributed by atoms with Gasteiger partial charge < -0.3 is 10.4 Å². The Kier molecular flexibility index (Phi) is 3.58. The molecule has 3 aromatic carbocycles. The molecule has 3 N–H and O–H groups in total. The number of carbonyl (C=O) groups excluding carboxylic acids is 1. The molecule has 2 aliphatic rings. The summed E-state index contributed by atoms with van der Waals surface area (Å²) >= 11 is 0. The van der Waals surface area contributed by atoms with Gasteiger partial charge in [0.1, 0.15) is 17.1 Å². The minimum atomic E-state index is -0.707. The van der Waals surface area contributed by atoms with Crippen LogP contribution >= 0.6 is 0 Å². The Labute approximate surface area is 162 Å². The predicted molar refractivity (Wildman–Crippen MR) is 109 cm³/mol. The largest absolute Gasteiger partial charge is 0.506 e. The molecule has 0 saturated carbocycles. The lowest BCUT2D eigenvalue weighted by Gasteiger charge is -2.32. The van der Waals surface area contributed by atoms with E-state index in [4.69, 9.17) is 0 Å². The number of hydrogen-bond acceptors (Lipinski definition) is 5. The fourth-order valence-corrected chi connectivity index (χ4v) is 3.91. The molecule has 6 heteroatoms. The number of rotatable bonds is 3. The molecule has 2 heterocycles. The molecule has 1 saturated heterocycles. The molecule has 138 valence electrons. The number of phenols is 1. The number of benzene rings is 3. The molecule has 0 radical (unpaired) electrons. The van der Waals surface area contributed by atoms with Crippen molar-refractivity contribution in [3.63, 3.8) is 0 Å². The van der Waals surface area contributed by atoms with Crippen LogP contribution in [-0.4, -0.2) is 16.7 Å². The second-order valence-corrected chi connectivity index (χ2v) is 6.87. The van der Waals surface area contributed by atoms with Crippen molar-refractivity contribution in [1.29, 1.82) is 0 Å². The number of aromatic hydroxyl groups is 1. The molecule has 0 bridgehead atoms. The molecule has 1 fully saturated rings. The van der Waals surface area contributed by atoms with Gasteiger partial charge in [-0.25, -0.2) is 0 Å². The third-order valence-electron chi connectivity index (χ3n) is 5.21. The van der Waals surface area contributed by atoms with Crippen LogP contribution in [0, 0.1) is 0 Å². The first-order valence-corrected chi connectivity index (χ1v) is 9.07. The van der Waals surface area contributed by atoms with Gasteiger partial charge in [-0.15, -0.1) is 0 Å². The highest BCUT2D eigenvalue weighted by Gasteiger charge is 2.55. The molecule has 3 aromatic rings. The molecule has 0 aliphatic carbocycles. The van der Waals surface area contributed by atoms with Crippen molar-refractivity contribution in [1.82, 2.24) is 0 Å². The number of fused-ring (bicyclic) bond motifs is 3. The number of carbonyl (C=O) groups is 1. The first-order valence-electron chi connectivity index (χ1n) is 9.07. The van der Waals surface area contributed by atoms with Crippen LogP contribution in [0.5, 0.6) is 5.75 Å². The Morgan fingerprint density at radius 3 is 2.50 bits per heavy atom. The average molecular weight is 370 g/mol. The molecule has 0 aromatic heterocycles. The van der Waals surface area contributed by atoms with E-state index in [2.05, 4.69) is 15.8 Å². The average Bonchev–Trinajstić information content (AvgIpc) is 3.21. The number of hydrazone groups is 1. The van der Waals surface area contributed by atoms with E-state index in [0.717, 1.165) is 16.9 Å². The standard InChI is InChI=1S/C22H18N4O2/c27-20-13-7-5-11-17(20)24-25-18-14-22(15-8-2-1-3-9-15)23-16-10-4-6-12-19(16)26(22)21(18)28/h1-13,23-24,27H,14H2. The van der Waals surface area contributed by atoms with E-state index < -0.39 is 5.66 Å². The number of nitrogens with one attached hydrogen (secondary N) is 2. The molecule has 2 aliphatic heterocycles. The Morgan fingerprint density at radius 2 is 1.68 bits per heavy atom. The van der Waals surface area contributed by atoms with Crippen LogP contribution in [0.15, 0.2) is 84.0 Å². The van der Waals surface area contributed by atoms with Crippen molar-refractivity contribution >= 4 is 28.7 Å². The van der Waals surface area contributed by atoms with Crippen molar-refractivity contribution < 1.29 is 9.90 Å². The van der Waals surface area contributed by atoms with Gasteiger partial charge >= 0.3 is 0 Å². The molecule has 5 rings (SSSR count). The van der Waals surface area contributed by atoms with Gasteiger partial charge in [-0.1, -0.05) is 54.6 Å². The zero-order chi connectivity index (χ0) is 19.1. The van der Waals surface area contributed by atoms with Crippen molar-refractivity contribution in [2.45, 2.75) is 12.1 Å². The van der Waals surface area contributed by atoms with E-state index in [9.17, 15) is 9.90 Å². The van der Waals surface area contributed by atoms with Gasteiger partial charge in [-0.2, -0.15) is 5.10 Å². The van der Waals surface area contributed by atoms with Crippen LogP contribution in [0.2, 0.25) is 0 Å². The van der Waals surface area contributed by atoms with Gasteiger partial charge in [0.05, 0.1) is 17.1 Å². The second kappa shape index (κ2) is 6.13. The van der Waals surface area contributed by atoms with E-state index in [-0.39, 0.29) is 11.7 Å². The van der Waals surface area contributed by atoms with Crippen LogP contribution in [0.4, 0.5) is 17.1 Å². The van der Waals surface area contributed by atoms with Crippen LogP contribution in [0.25, 0.3) is 0 Å². The fraction of sp³-hybridized carbons (Fsp3) is 0.0909. The number of amides is 1. The molecule has 28 heavy (non-hydrogen) atoms. The lowest BCUT2D eigenvalue weighted by molar-refractivity contribution is -0.112. The van der Waals surface area contributed by atoms with Crippen LogP contribution in [0.1, 0.15) is 12.0 Å². The Hall–Kier alpha value is -3.80. The normalized spacial score (nSPS) is 21.4. The summed E-state index contributed by atoms with van der Waals surface area (Å²) in [7, 11) is 0. The topological polar surface area (TPSA) is 77.0 Å². The molecule has 1 amide bonds. The summed E-state index contributed by atoms with van der Waals surface area (Å²) in [6.45, 7) is 0. The smallest absolute Gasteiger partial charge is 0.276 e. The SMILES string of the molecule is O=C1C(=NNc2ccccc2O)CC2(c3ccccc3)Nc3ccccc3N12. The number of hydrogen-bond donors (Lipinski definition) is 3. The lowest BCUT2D eigenvalue weighted by atomic mass is 9.97. The van der Waals surface area contributed by atoms with Gasteiger partial charge in [-0.05, 0) is 29.8 Å². The number of para-hydroxylation sites is 4. The first-order chi connectivity index (χ1) is 13.7. The summed E-state index contributed by atoms with van der Waals surface area (Å²) in [4.78, 5) is 15.1. The molecule has 0 spiro atoms. The predicted octanol–water partition coefficient (Wildman–Crippen LogP) is 3.88. The third kappa shape index (κ3) is 2.35. The molecule has 1 atom stereocenters. The van der Waals surface area contributed by atoms with Gasteiger partial charge in [0.2, 0.25) is 0 Å². The maximum absolute atomic E-state index is 13.3. The Morgan fingerprint density at radius 1 is 0.964 bits per heavy atom. The summed E-state index contributed by atoms with van der Waals surface area (Å²) in [5.74, 6) is -0.0803. The molecular weight excluding hydrogens is 352 g/mol. The summed E-state index contributed by atoms with van der Waals surface area (Å²) in [5, 5.41) is 17.8. The van der Waals surface area contributed by atoms with Crippen LogP contribution < -0.4 is 15.6 Å². The number of nitrogens with zero attached hydrogens (tertiary/aromatic N) is 2. The molecule has 6 nitrogen and oxygen atoms in total. The Balaban J connectivity index is 1.58. The highest BCUT2D eigenvalue weighted by atomic mass is 16.3. The minimum Gasteiger partial charge on any atom is -0.506 e. The Bertz CT molecular complexity index is 1100. The monoisotopic (exact) mass is 370 g/mol. The van der Waals surface area contributed by atoms with E-state index in [0.29, 0.717) is 17.8 Å². The third-order valence-corrected chi connectivity index (χ3v) is 5.21. The fourth-order valence-electron chi connectivity index (χ4n) is 3.91. The maximum Gasteiger partial charge on any atom is 0.276 e. The quantitative estimate of drug-likeness (QED) is 0.483. The van der Waals surface area contributed by atoms with Crippen molar-refractivity contribution in [3.8, 4) is 5.75 Å². The van der Waals surface area contributed by atoms with E-state index in [1.807, 2.05) is 54.6 Å². The van der Waals surface area contributed by atoms with Crippen molar-refractivity contribution in [3.05, 3.63) is 84.4 Å².